The highest BCUT2D eigenvalue weighted by atomic mass is 16.6. The van der Waals surface area contributed by atoms with Gasteiger partial charge in [-0.25, -0.2) is 0 Å². The molecule has 0 aromatic carbocycles. The van der Waals surface area contributed by atoms with Crippen molar-refractivity contribution in [3.05, 3.63) is 72.9 Å². The number of esters is 3. The number of ether oxygens (including phenoxy) is 3. The van der Waals surface area contributed by atoms with E-state index in [4.69, 9.17) is 14.2 Å². The number of rotatable bonds is 45. The molecule has 0 amide bonds. The van der Waals surface area contributed by atoms with Gasteiger partial charge in [0.05, 0.1) is 6.42 Å². The average Bonchev–Trinajstić information content (AvgIpc) is 3.26. The van der Waals surface area contributed by atoms with E-state index in [1.165, 1.54) is 116 Å². The van der Waals surface area contributed by atoms with E-state index in [1.807, 2.05) is 6.08 Å². The van der Waals surface area contributed by atoms with Crippen LogP contribution in [0.4, 0.5) is 0 Å². The second kappa shape index (κ2) is 49.5. The van der Waals surface area contributed by atoms with Crippen LogP contribution in [-0.2, 0) is 28.6 Å². The number of hydrogen-bond acceptors (Lipinski definition) is 6. The average molecular weight is 851 g/mol. The van der Waals surface area contributed by atoms with E-state index in [0.29, 0.717) is 12.8 Å². The van der Waals surface area contributed by atoms with Crippen LogP contribution in [0.5, 0.6) is 0 Å². The molecule has 1 unspecified atom stereocenters. The molecule has 0 spiro atoms. The monoisotopic (exact) mass is 851 g/mol. The van der Waals surface area contributed by atoms with Crippen LogP contribution >= 0.6 is 0 Å². The maximum absolute atomic E-state index is 12.7. The van der Waals surface area contributed by atoms with Crippen LogP contribution in [0.25, 0.3) is 0 Å². The van der Waals surface area contributed by atoms with Gasteiger partial charge in [0.1, 0.15) is 13.2 Å². The largest absolute Gasteiger partial charge is 0.462 e. The molecule has 0 aliphatic carbocycles. The van der Waals surface area contributed by atoms with Crippen molar-refractivity contribution in [3.8, 4) is 0 Å². The molecule has 0 saturated carbocycles. The van der Waals surface area contributed by atoms with Gasteiger partial charge in [-0.1, -0.05) is 229 Å². The standard InChI is InChI=1S/C55H94O6/c1-4-7-10-13-16-19-22-24-26-27-29-30-33-36-39-42-45-48-54(57)60-51-52(50-59-53(56)47-44-41-38-35-32-21-18-15-12-9-6-3)61-55(58)49-46-43-40-37-34-31-28-25-23-20-17-14-11-8-5-2/h8,11,15,17-18,20,25,28,34,37,43,46,52H,4-7,9-10,12-14,16,19,21-24,26-27,29-33,35-36,38-42,44-45,47-51H2,1-3H3/b11-8-,18-15-,20-17-,28-25-,37-34-,46-43-. The smallest absolute Gasteiger partial charge is 0.310 e. The van der Waals surface area contributed by atoms with E-state index in [-0.39, 0.29) is 31.6 Å². The summed E-state index contributed by atoms with van der Waals surface area (Å²) in [5.41, 5.74) is 0. The van der Waals surface area contributed by atoms with Crippen LogP contribution in [0.1, 0.15) is 239 Å². The number of hydrogen-bond donors (Lipinski definition) is 0. The van der Waals surface area contributed by atoms with E-state index in [9.17, 15) is 14.4 Å². The molecule has 1 atom stereocenters. The second-order valence-corrected chi connectivity index (χ2v) is 16.7. The van der Waals surface area contributed by atoms with E-state index in [1.54, 1.807) is 6.08 Å². The molecule has 0 aliphatic rings. The maximum Gasteiger partial charge on any atom is 0.310 e. The molecule has 0 radical (unpaired) electrons. The van der Waals surface area contributed by atoms with Gasteiger partial charge in [-0.2, -0.15) is 0 Å². The Balaban J connectivity index is 4.46. The SMILES string of the molecule is CC/C=C\C/C=C\C/C=C\C/C=C\C/C=C\CC(=O)OC(COC(=O)CCCCCCC/C=C\CCCC)COC(=O)CCCCCCCCCCCCCCCCCCC. The first-order valence-electron chi connectivity index (χ1n) is 25.4. The fourth-order valence-electron chi connectivity index (χ4n) is 6.91. The Kier molecular flexibility index (Phi) is 46.9. The minimum atomic E-state index is -0.830. The van der Waals surface area contributed by atoms with Crippen LogP contribution < -0.4 is 0 Å². The Morgan fingerprint density at radius 3 is 1.11 bits per heavy atom. The van der Waals surface area contributed by atoms with Crippen LogP contribution in [0.2, 0.25) is 0 Å². The highest BCUT2D eigenvalue weighted by molar-refractivity contribution is 5.72. The van der Waals surface area contributed by atoms with E-state index < -0.39 is 12.1 Å². The molecule has 6 nitrogen and oxygen atoms in total. The summed E-state index contributed by atoms with van der Waals surface area (Å²) in [6.07, 6.45) is 62.0. The first kappa shape index (κ1) is 57.9. The Labute approximate surface area is 376 Å². The Morgan fingerprint density at radius 2 is 0.705 bits per heavy atom. The molecule has 0 fully saturated rings. The molecule has 61 heavy (non-hydrogen) atoms. The maximum atomic E-state index is 12.7. The number of carbonyl (C=O) groups is 3. The van der Waals surface area contributed by atoms with Crippen molar-refractivity contribution >= 4 is 17.9 Å². The summed E-state index contributed by atoms with van der Waals surface area (Å²) in [5, 5.41) is 0. The second-order valence-electron chi connectivity index (χ2n) is 16.7. The fraction of sp³-hybridized carbons (Fsp3) is 0.727. The minimum Gasteiger partial charge on any atom is -0.462 e. The topological polar surface area (TPSA) is 78.9 Å². The van der Waals surface area contributed by atoms with Gasteiger partial charge in [-0.05, 0) is 64.2 Å². The molecule has 0 saturated heterocycles. The van der Waals surface area contributed by atoms with Gasteiger partial charge in [0.15, 0.2) is 6.10 Å². The molecular weight excluding hydrogens is 757 g/mol. The molecule has 6 heteroatoms. The number of allylic oxidation sites excluding steroid dienone is 11. The Bertz CT molecular complexity index is 1160. The van der Waals surface area contributed by atoms with E-state index in [0.717, 1.165) is 83.5 Å². The zero-order valence-electron chi connectivity index (χ0n) is 39.9. The third-order valence-corrected chi connectivity index (χ3v) is 10.7. The lowest BCUT2D eigenvalue weighted by atomic mass is 10.0. The first-order valence-corrected chi connectivity index (χ1v) is 25.4. The molecule has 0 bridgehead atoms. The molecule has 350 valence electrons. The lowest BCUT2D eigenvalue weighted by molar-refractivity contribution is -0.166. The lowest BCUT2D eigenvalue weighted by Gasteiger charge is -2.18. The van der Waals surface area contributed by atoms with E-state index in [2.05, 4.69) is 81.5 Å². The van der Waals surface area contributed by atoms with Crippen LogP contribution in [0, 0.1) is 0 Å². The van der Waals surface area contributed by atoms with Crippen LogP contribution in [0.15, 0.2) is 72.9 Å². The molecule has 0 N–H and O–H groups in total. The predicted molar refractivity (Wildman–Crippen MR) is 261 cm³/mol. The predicted octanol–water partition coefficient (Wildman–Crippen LogP) is 16.6. The van der Waals surface area contributed by atoms with Gasteiger partial charge < -0.3 is 14.2 Å². The Hall–Kier alpha value is -3.15. The molecule has 0 heterocycles. The normalized spacial score (nSPS) is 12.6. The highest BCUT2D eigenvalue weighted by Gasteiger charge is 2.19. The molecule has 0 aromatic rings. The van der Waals surface area contributed by atoms with Crippen molar-refractivity contribution < 1.29 is 28.6 Å². The van der Waals surface area contributed by atoms with Crippen LogP contribution in [-0.4, -0.2) is 37.2 Å². The quantitative estimate of drug-likeness (QED) is 0.0263. The first-order chi connectivity index (χ1) is 30.0. The summed E-state index contributed by atoms with van der Waals surface area (Å²) in [5.74, 6) is -1.05. The van der Waals surface area contributed by atoms with Crippen LogP contribution in [0.3, 0.4) is 0 Å². The number of carbonyl (C=O) groups excluding carboxylic acids is 3. The van der Waals surface area contributed by atoms with Gasteiger partial charge in [0.25, 0.3) is 0 Å². The summed E-state index contributed by atoms with van der Waals surface area (Å²) < 4.78 is 16.7. The zero-order valence-corrected chi connectivity index (χ0v) is 39.9. The third-order valence-electron chi connectivity index (χ3n) is 10.7. The molecule has 0 rings (SSSR count). The molecule has 0 aliphatic heterocycles. The lowest BCUT2D eigenvalue weighted by Crippen LogP contribution is -2.30. The summed E-state index contributed by atoms with van der Waals surface area (Å²) in [4.78, 5) is 37.8. The summed E-state index contributed by atoms with van der Waals surface area (Å²) in [7, 11) is 0. The third kappa shape index (κ3) is 47.7. The van der Waals surface area contributed by atoms with Crippen molar-refractivity contribution in [1.82, 2.24) is 0 Å². The minimum absolute atomic E-state index is 0.0969. The number of unbranched alkanes of at least 4 members (excludes halogenated alkanes) is 23. The fourth-order valence-corrected chi connectivity index (χ4v) is 6.91. The molecule has 0 aromatic heterocycles. The summed E-state index contributed by atoms with van der Waals surface area (Å²) >= 11 is 0. The van der Waals surface area contributed by atoms with Gasteiger partial charge in [0.2, 0.25) is 0 Å². The molecular formula is C55H94O6. The highest BCUT2D eigenvalue weighted by Crippen LogP contribution is 2.15. The summed E-state index contributed by atoms with van der Waals surface area (Å²) in [6.45, 7) is 6.40. The van der Waals surface area contributed by atoms with Crippen molar-refractivity contribution in [2.75, 3.05) is 13.2 Å². The van der Waals surface area contributed by atoms with Crippen molar-refractivity contribution in [2.24, 2.45) is 0 Å². The van der Waals surface area contributed by atoms with Crippen molar-refractivity contribution in [3.63, 3.8) is 0 Å². The zero-order chi connectivity index (χ0) is 44.4. The summed E-state index contributed by atoms with van der Waals surface area (Å²) in [6, 6.07) is 0. The Morgan fingerprint density at radius 1 is 0.361 bits per heavy atom. The van der Waals surface area contributed by atoms with Crippen molar-refractivity contribution in [1.29, 1.82) is 0 Å². The van der Waals surface area contributed by atoms with Crippen molar-refractivity contribution in [2.45, 2.75) is 245 Å². The van der Waals surface area contributed by atoms with Gasteiger partial charge in [-0.3, -0.25) is 14.4 Å². The van der Waals surface area contributed by atoms with Gasteiger partial charge in [0, 0.05) is 12.8 Å². The van der Waals surface area contributed by atoms with E-state index >= 15 is 0 Å². The van der Waals surface area contributed by atoms with Gasteiger partial charge >= 0.3 is 17.9 Å². The van der Waals surface area contributed by atoms with Gasteiger partial charge in [-0.15, -0.1) is 0 Å².